The van der Waals surface area contributed by atoms with Gasteiger partial charge in [-0.05, 0) is 13.1 Å². The number of nitrogens with zero attached hydrogens (tertiary/aromatic N) is 1. The van der Waals surface area contributed by atoms with Crippen molar-refractivity contribution in [3.05, 3.63) is 5.21 Å². The molecule has 0 rings (SSSR count). The number of hydrogen-bond acceptors (Lipinski definition) is 3. The highest BCUT2D eigenvalue weighted by Crippen LogP contribution is 1.75. The zero-order valence-electron chi connectivity index (χ0n) is 5.48. The van der Waals surface area contributed by atoms with Crippen LogP contribution in [0.25, 0.3) is 0 Å². The molecular weight excluding hydrogens is 104 g/mol. The van der Waals surface area contributed by atoms with Gasteiger partial charge in [-0.25, -0.2) is 0 Å². The average Bonchev–Trinajstić information content (AvgIpc) is 1.83. The molecule has 3 nitrogen and oxygen atoms in total. The van der Waals surface area contributed by atoms with E-state index in [1.807, 2.05) is 13.8 Å². The minimum absolute atomic E-state index is 0.451. The molecule has 0 heterocycles. The molecule has 50 valence electrons. The summed E-state index contributed by atoms with van der Waals surface area (Å²) < 4.78 is 0. The maximum absolute atomic E-state index is 10.4. The maximum atomic E-state index is 10.4. The van der Waals surface area contributed by atoms with E-state index < -0.39 is 0 Å². The molecule has 0 bridgehead atoms. The summed E-state index contributed by atoms with van der Waals surface area (Å²) in [4.78, 5) is 0. The standard InChI is InChI=1S/C5H13N2O/c1-3-6-5-7(8)4-2/h6H,3-5H2,1-2H3/q-1. The molecular formula is C5H13N2O-. The highest BCUT2D eigenvalue weighted by Gasteiger charge is 1.80. The molecule has 0 radical (unpaired) electrons. The van der Waals surface area contributed by atoms with E-state index in [1.165, 1.54) is 0 Å². The quantitative estimate of drug-likeness (QED) is 0.427. The molecule has 0 atom stereocenters. The molecule has 3 heteroatoms. The van der Waals surface area contributed by atoms with Crippen molar-refractivity contribution in [1.82, 2.24) is 10.4 Å². The Kier molecular flexibility index (Phi) is 4.95. The van der Waals surface area contributed by atoms with Crippen molar-refractivity contribution in [1.29, 1.82) is 0 Å². The lowest BCUT2D eigenvalue weighted by Gasteiger charge is -2.25. The van der Waals surface area contributed by atoms with E-state index in [-0.39, 0.29) is 0 Å². The second kappa shape index (κ2) is 5.03. The van der Waals surface area contributed by atoms with Crippen molar-refractivity contribution < 1.29 is 0 Å². The van der Waals surface area contributed by atoms with E-state index in [2.05, 4.69) is 5.32 Å². The molecule has 0 fully saturated rings. The van der Waals surface area contributed by atoms with Gasteiger partial charge in [-0.1, -0.05) is 13.8 Å². The van der Waals surface area contributed by atoms with Crippen molar-refractivity contribution in [3.8, 4) is 0 Å². The highest BCUT2D eigenvalue weighted by atomic mass is 16.5. The molecule has 0 aliphatic carbocycles. The number of nitrogens with one attached hydrogen (secondary N) is 1. The molecule has 0 saturated heterocycles. The summed E-state index contributed by atoms with van der Waals surface area (Å²) in [6.45, 7) is 5.69. The second-order valence-corrected chi connectivity index (χ2v) is 1.56. The van der Waals surface area contributed by atoms with Crippen molar-refractivity contribution in [3.63, 3.8) is 0 Å². The fourth-order valence-corrected chi connectivity index (χ4v) is 0.348. The Balaban J connectivity index is 2.86. The van der Waals surface area contributed by atoms with Crippen LogP contribution in [0.15, 0.2) is 0 Å². The molecule has 0 aliphatic heterocycles. The third kappa shape index (κ3) is 4.05. The van der Waals surface area contributed by atoms with Crippen LogP contribution in [-0.4, -0.2) is 24.8 Å². The van der Waals surface area contributed by atoms with E-state index in [4.69, 9.17) is 0 Å². The molecule has 0 saturated carbocycles. The minimum Gasteiger partial charge on any atom is -0.784 e. The van der Waals surface area contributed by atoms with E-state index in [0.717, 1.165) is 11.6 Å². The second-order valence-electron chi connectivity index (χ2n) is 1.56. The van der Waals surface area contributed by atoms with Crippen molar-refractivity contribution in [2.24, 2.45) is 0 Å². The molecule has 0 aromatic rings. The average molecular weight is 117 g/mol. The fraction of sp³-hybridized carbons (Fsp3) is 1.00. The largest absolute Gasteiger partial charge is 0.784 e. The van der Waals surface area contributed by atoms with E-state index in [0.29, 0.717) is 13.2 Å². The van der Waals surface area contributed by atoms with Crippen LogP contribution in [0.4, 0.5) is 0 Å². The Labute approximate surface area is 50.3 Å². The topological polar surface area (TPSA) is 38.3 Å². The number of hydroxylamine groups is 2. The van der Waals surface area contributed by atoms with Crippen LogP contribution in [0.2, 0.25) is 0 Å². The lowest BCUT2D eigenvalue weighted by Crippen LogP contribution is -2.29. The van der Waals surface area contributed by atoms with Crippen molar-refractivity contribution >= 4 is 0 Å². The van der Waals surface area contributed by atoms with Crippen LogP contribution in [0, 0.1) is 5.21 Å². The van der Waals surface area contributed by atoms with Gasteiger partial charge in [0.25, 0.3) is 0 Å². The molecule has 0 aromatic heterocycles. The zero-order chi connectivity index (χ0) is 6.41. The molecule has 0 aliphatic rings. The summed E-state index contributed by atoms with van der Waals surface area (Å²) in [5.74, 6) is 0. The predicted octanol–water partition coefficient (Wildman–Crippen LogP) is 0.373. The van der Waals surface area contributed by atoms with Crippen LogP contribution < -0.4 is 5.32 Å². The summed E-state index contributed by atoms with van der Waals surface area (Å²) in [5, 5.41) is 14.3. The summed E-state index contributed by atoms with van der Waals surface area (Å²) in [7, 11) is 0. The van der Waals surface area contributed by atoms with Gasteiger partial charge in [0.1, 0.15) is 0 Å². The van der Waals surface area contributed by atoms with Gasteiger partial charge in [-0.3, -0.25) is 0 Å². The molecule has 0 aromatic carbocycles. The summed E-state index contributed by atoms with van der Waals surface area (Å²) in [5.41, 5.74) is 0. The maximum Gasteiger partial charge on any atom is 0.0364 e. The van der Waals surface area contributed by atoms with E-state index in [1.54, 1.807) is 0 Å². The van der Waals surface area contributed by atoms with Crippen LogP contribution >= 0.6 is 0 Å². The zero-order valence-corrected chi connectivity index (χ0v) is 5.48. The van der Waals surface area contributed by atoms with Crippen molar-refractivity contribution in [2.45, 2.75) is 13.8 Å². The van der Waals surface area contributed by atoms with Gasteiger partial charge < -0.3 is 15.6 Å². The smallest absolute Gasteiger partial charge is 0.0364 e. The van der Waals surface area contributed by atoms with Gasteiger partial charge in [0.15, 0.2) is 0 Å². The first-order chi connectivity index (χ1) is 3.81. The Morgan fingerprint density at radius 1 is 1.50 bits per heavy atom. The summed E-state index contributed by atoms with van der Waals surface area (Å²) in [6.07, 6.45) is 0. The molecule has 8 heavy (non-hydrogen) atoms. The molecule has 0 unspecified atom stereocenters. The Morgan fingerprint density at radius 3 is 2.50 bits per heavy atom. The highest BCUT2D eigenvalue weighted by molar-refractivity contribution is 4.49. The molecule has 0 amide bonds. The van der Waals surface area contributed by atoms with Gasteiger partial charge in [0.05, 0.1) is 0 Å². The number of hydrogen-bond donors (Lipinski definition) is 1. The molecule has 0 spiro atoms. The monoisotopic (exact) mass is 117 g/mol. The fourth-order valence-electron chi connectivity index (χ4n) is 0.348. The SMILES string of the molecule is CCNCN([O-])CC. The van der Waals surface area contributed by atoms with Gasteiger partial charge >= 0.3 is 0 Å². The van der Waals surface area contributed by atoms with Gasteiger partial charge in [0.2, 0.25) is 0 Å². The predicted molar refractivity (Wildman–Crippen MR) is 34.3 cm³/mol. The Morgan fingerprint density at radius 2 is 2.12 bits per heavy atom. The first-order valence-corrected chi connectivity index (χ1v) is 2.94. The first-order valence-electron chi connectivity index (χ1n) is 2.94. The van der Waals surface area contributed by atoms with Crippen molar-refractivity contribution in [2.75, 3.05) is 19.8 Å². The third-order valence-corrected chi connectivity index (χ3v) is 0.891. The summed E-state index contributed by atoms with van der Waals surface area (Å²) >= 11 is 0. The Bertz CT molecular complexity index is 49.7. The van der Waals surface area contributed by atoms with E-state index >= 15 is 0 Å². The number of rotatable bonds is 4. The van der Waals surface area contributed by atoms with Gasteiger partial charge in [-0.2, -0.15) is 0 Å². The third-order valence-electron chi connectivity index (χ3n) is 0.891. The van der Waals surface area contributed by atoms with Gasteiger partial charge in [0, 0.05) is 6.67 Å². The normalized spacial score (nSPS) is 10.5. The van der Waals surface area contributed by atoms with Crippen LogP contribution in [0.5, 0.6) is 0 Å². The lowest BCUT2D eigenvalue weighted by atomic mass is 10.7. The summed E-state index contributed by atoms with van der Waals surface area (Å²) in [6, 6.07) is 0. The van der Waals surface area contributed by atoms with Crippen LogP contribution in [0.1, 0.15) is 13.8 Å². The van der Waals surface area contributed by atoms with E-state index in [9.17, 15) is 5.21 Å². The van der Waals surface area contributed by atoms with Gasteiger partial charge in [-0.15, -0.1) is 0 Å². The Hall–Kier alpha value is -0.120. The molecule has 1 N–H and O–H groups in total. The van der Waals surface area contributed by atoms with Crippen LogP contribution in [0.3, 0.4) is 0 Å². The minimum atomic E-state index is 0.451. The first kappa shape index (κ1) is 7.88. The van der Waals surface area contributed by atoms with Crippen LogP contribution in [-0.2, 0) is 0 Å². The lowest BCUT2D eigenvalue weighted by molar-refractivity contribution is 0.366.